The van der Waals surface area contributed by atoms with Gasteiger partial charge in [-0.25, -0.2) is 0 Å². The predicted molar refractivity (Wildman–Crippen MR) is 32.1 cm³/mol. The molecule has 0 amide bonds. The fraction of sp³-hybridized carbons (Fsp3) is 0.714. The van der Waals surface area contributed by atoms with Crippen LogP contribution >= 0.6 is 0 Å². The third-order valence-electron chi connectivity index (χ3n) is 1.80. The second-order valence-corrected chi connectivity index (χ2v) is 2.47. The molecule has 0 aliphatic heterocycles. The molecule has 0 N–H and O–H groups in total. The van der Waals surface area contributed by atoms with E-state index in [0.717, 1.165) is 19.3 Å². The Bertz CT molecular complexity index is 152. The van der Waals surface area contributed by atoms with Gasteiger partial charge in [0, 0.05) is 11.8 Å². The fourth-order valence-electron chi connectivity index (χ4n) is 1.22. The molecule has 2 atom stereocenters. The van der Waals surface area contributed by atoms with Gasteiger partial charge in [0.2, 0.25) is 0 Å². The zero-order valence-electron chi connectivity index (χ0n) is 5.17. The molecule has 0 saturated heterocycles. The van der Waals surface area contributed by atoms with Crippen LogP contribution in [0.3, 0.4) is 0 Å². The van der Waals surface area contributed by atoms with Crippen LogP contribution in [0.1, 0.15) is 19.3 Å². The molecule has 1 aliphatic rings. The van der Waals surface area contributed by atoms with Crippen molar-refractivity contribution in [3.05, 3.63) is 0 Å². The minimum absolute atomic E-state index is 0.162. The first kappa shape index (κ1) is 6.11. The highest BCUT2D eigenvalue weighted by molar-refractivity contribution is 4.97. The van der Waals surface area contributed by atoms with Gasteiger partial charge in [0.15, 0.2) is 0 Å². The maximum Gasteiger partial charge on any atom is 0.0656 e. The van der Waals surface area contributed by atoms with E-state index < -0.39 is 0 Å². The number of nitriles is 2. The van der Waals surface area contributed by atoms with Gasteiger partial charge in [-0.05, 0) is 19.3 Å². The van der Waals surface area contributed by atoms with Crippen LogP contribution < -0.4 is 0 Å². The van der Waals surface area contributed by atoms with E-state index in [0.29, 0.717) is 0 Å². The summed E-state index contributed by atoms with van der Waals surface area (Å²) >= 11 is 0. The Morgan fingerprint density at radius 2 is 1.44 bits per heavy atom. The van der Waals surface area contributed by atoms with Gasteiger partial charge in [-0.2, -0.15) is 10.5 Å². The number of hydrogen-bond donors (Lipinski definition) is 0. The van der Waals surface area contributed by atoms with E-state index in [-0.39, 0.29) is 11.8 Å². The predicted octanol–water partition coefficient (Wildman–Crippen LogP) is 1.45. The number of hydrogen-bond acceptors (Lipinski definition) is 2. The van der Waals surface area contributed by atoms with E-state index in [1.807, 2.05) is 0 Å². The maximum absolute atomic E-state index is 8.42. The van der Waals surface area contributed by atoms with Crippen molar-refractivity contribution in [2.24, 2.45) is 11.8 Å². The molecule has 1 fully saturated rings. The Hall–Kier alpha value is -1.02. The number of nitrogens with zero attached hydrogens (tertiary/aromatic N) is 2. The molecule has 1 aliphatic carbocycles. The topological polar surface area (TPSA) is 47.6 Å². The molecule has 0 aromatic carbocycles. The van der Waals surface area contributed by atoms with Crippen LogP contribution in [0.5, 0.6) is 0 Å². The Morgan fingerprint density at radius 3 is 1.67 bits per heavy atom. The quantitative estimate of drug-likeness (QED) is 0.485. The van der Waals surface area contributed by atoms with Crippen molar-refractivity contribution < 1.29 is 0 Å². The summed E-state index contributed by atoms with van der Waals surface area (Å²) in [5.74, 6) is 0.323. The summed E-state index contributed by atoms with van der Waals surface area (Å²) in [5.41, 5.74) is 0. The van der Waals surface area contributed by atoms with E-state index in [2.05, 4.69) is 12.1 Å². The van der Waals surface area contributed by atoms with Crippen LogP contribution in [0.4, 0.5) is 0 Å². The van der Waals surface area contributed by atoms with Gasteiger partial charge in [-0.1, -0.05) is 0 Å². The third kappa shape index (κ3) is 1.21. The normalized spacial score (nSPS) is 33.1. The fourth-order valence-corrected chi connectivity index (χ4v) is 1.22. The van der Waals surface area contributed by atoms with Crippen molar-refractivity contribution in [2.75, 3.05) is 0 Å². The van der Waals surface area contributed by atoms with Gasteiger partial charge < -0.3 is 0 Å². The van der Waals surface area contributed by atoms with Gasteiger partial charge in [0.1, 0.15) is 0 Å². The molecule has 0 bridgehead atoms. The maximum atomic E-state index is 8.42. The van der Waals surface area contributed by atoms with Crippen LogP contribution in [-0.4, -0.2) is 0 Å². The highest BCUT2D eigenvalue weighted by Gasteiger charge is 2.23. The molecule has 0 aromatic heterocycles. The van der Waals surface area contributed by atoms with Crippen molar-refractivity contribution in [1.82, 2.24) is 0 Å². The molecule has 0 spiro atoms. The van der Waals surface area contributed by atoms with Crippen molar-refractivity contribution in [1.29, 1.82) is 10.5 Å². The lowest BCUT2D eigenvalue weighted by molar-refractivity contribution is 0.657. The second-order valence-electron chi connectivity index (χ2n) is 2.47. The number of rotatable bonds is 0. The minimum Gasteiger partial charge on any atom is -0.198 e. The van der Waals surface area contributed by atoms with Crippen LogP contribution in [0.15, 0.2) is 0 Å². The van der Waals surface area contributed by atoms with Gasteiger partial charge in [0.25, 0.3) is 0 Å². The lowest BCUT2D eigenvalue weighted by Crippen LogP contribution is -1.89. The molecular weight excluding hydrogens is 112 g/mol. The van der Waals surface area contributed by atoms with Crippen molar-refractivity contribution >= 4 is 0 Å². The SMILES string of the molecule is N#C[C@@H]1CC[C@H](C#N)C1. The molecule has 0 heterocycles. The van der Waals surface area contributed by atoms with Crippen LogP contribution in [0.2, 0.25) is 0 Å². The molecule has 2 nitrogen and oxygen atoms in total. The summed E-state index contributed by atoms with van der Waals surface area (Å²) in [5, 5.41) is 16.8. The average molecular weight is 120 g/mol. The second kappa shape index (κ2) is 2.51. The molecule has 0 unspecified atom stereocenters. The molecule has 2 heteroatoms. The highest BCUT2D eigenvalue weighted by atomic mass is 14.4. The zero-order valence-corrected chi connectivity index (χ0v) is 5.17. The molecule has 0 aromatic rings. The average Bonchev–Trinajstić information content (AvgIpc) is 2.34. The third-order valence-corrected chi connectivity index (χ3v) is 1.80. The lowest BCUT2D eigenvalue weighted by Gasteiger charge is -1.91. The molecule has 9 heavy (non-hydrogen) atoms. The van der Waals surface area contributed by atoms with E-state index >= 15 is 0 Å². The molecule has 0 radical (unpaired) electrons. The highest BCUT2D eigenvalue weighted by Crippen LogP contribution is 2.29. The van der Waals surface area contributed by atoms with Crippen LogP contribution in [0, 0.1) is 34.5 Å². The zero-order chi connectivity index (χ0) is 6.69. The van der Waals surface area contributed by atoms with Crippen molar-refractivity contribution in [3.63, 3.8) is 0 Å². The monoisotopic (exact) mass is 120 g/mol. The summed E-state index contributed by atoms with van der Waals surface area (Å²) in [7, 11) is 0. The molecular formula is C7H8N2. The van der Waals surface area contributed by atoms with Gasteiger partial charge in [-0.3, -0.25) is 0 Å². The Morgan fingerprint density at radius 1 is 1.00 bits per heavy atom. The van der Waals surface area contributed by atoms with E-state index in [4.69, 9.17) is 10.5 Å². The first-order chi connectivity index (χ1) is 4.36. The van der Waals surface area contributed by atoms with E-state index in [9.17, 15) is 0 Å². The lowest BCUT2D eigenvalue weighted by atomic mass is 10.1. The smallest absolute Gasteiger partial charge is 0.0656 e. The van der Waals surface area contributed by atoms with Gasteiger partial charge in [0.05, 0.1) is 12.1 Å². The van der Waals surface area contributed by atoms with Crippen LogP contribution in [0.25, 0.3) is 0 Å². The standard InChI is InChI=1S/C7H8N2/c8-4-6-1-2-7(3-6)5-9/h6-7H,1-3H2/t6-,7+. The van der Waals surface area contributed by atoms with Crippen molar-refractivity contribution in [3.8, 4) is 12.1 Å². The minimum atomic E-state index is 0.162. The Kier molecular flexibility index (Phi) is 1.70. The molecule has 1 saturated carbocycles. The molecule has 46 valence electrons. The summed E-state index contributed by atoms with van der Waals surface area (Å²) in [6, 6.07) is 4.35. The van der Waals surface area contributed by atoms with Crippen molar-refractivity contribution in [2.45, 2.75) is 19.3 Å². The van der Waals surface area contributed by atoms with Gasteiger partial charge in [-0.15, -0.1) is 0 Å². The van der Waals surface area contributed by atoms with E-state index in [1.165, 1.54) is 0 Å². The largest absolute Gasteiger partial charge is 0.198 e. The Balaban J connectivity index is 2.42. The van der Waals surface area contributed by atoms with E-state index in [1.54, 1.807) is 0 Å². The van der Waals surface area contributed by atoms with Crippen LogP contribution in [-0.2, 0) is 0 Å². The summed E-state index contributed by atoms with van der Waals surface area (Å²) < 4.78 is 0. The first-order valence-corrected chi connectivity index (χ1v) is 3.16. The van der Waals surface area contributed by atoms with Gasteiger partial charge >= 0.3 is 0 Å². The Labute approximate surface area is 54.7 Å². The first-order valence-electron chi connectivity index (χ1n) is 3.16. The summed E-state index contributed by atoms with van der Waals surface area (Å²) in [4.78, 5) is 0. The molecule has 1 rings (SSSR count). The summed E-state index contributed by atoms with van der Waals surface area (Å²) in [6.07, 6.45) is 2.65. The summed E-state index contributed by atoms with van der Waals surface area (Å²) in [6.45, 7) is 0.